The van der Waals surface area contributed by atoms with Gasteiger partial charge in [-0.25, -0.2) is 4.68 Å². The Morgan fingerprint density at radius 1 is 1.29 bits per heavy atom. The Bertz CT molecular complexity index is 895. The van der Waals surface area contributed by atoms with Gasteiger partial charge in [-0.1, -0.05) is 26.0 Å². The second-order valence-corrected chi connectivity index (χ2v) is 6.68. The van der Waals surface area contributed by atoms with Crippen LogP contribution in [0.4, 0.5) is 5.82 Å². The van der Waals surface area contributed by atoms with E-state index in [0.717, 1.165) is 40.8 Å². The van der Waals surface area contributed by atoms with Gasteiger partial charge in [0.25, 0.3) is 0 Å². The average molecular weight is 341 g/mol. The van der Waals surface area contributed by atoms with E-state index in [4.69, 9.17) is 0 Å². The molecule has 0 fully saturated rings. The van der Waals surface area contributed by atoms with Gasteiger partial charge < -0.3 is 5.32 Å². The smallest absolute Gasteiger partial charge is 0.226 e. The van der Waals surface area contributed by atoms with E-state index in [9.17, 15) is 4.79 Å². The third-order valence-electron chi connectivity index (χ3n) is 4.83. The number of hydrogen-bond donors (Lipinski definition) is 1. The van der Waals surface area contributed by atoms with Crippen molar-refractivity contribution in [3.05, 3.63) is 35.5 Å². The molecule has 0 unspecified atom stereocenters. The number of nitrogens with one attached hydrogen (secondary N) is 1. The van der Waals surface area contributed by atoms with E-state index in [1.165, 1.54) is 11.7 Å². The number of rotatable bonds is 4. The first-order valence-corrected chi connectivity index (χ1v) is 9.04. The van der Waals surface area contributed by atoms with Crippen LogP contribution in [0.2, 0.25) is 0 Å². The molecule has 0 bridgehead atoms. The molecule has 3 aromatic rings. The highest BCUT2D eigenvalue weighted by molar-refractivity contribution is 7.00. The summed E-state index contributed by atoms with van der Waals surface area (Å²) in [5.74, 6) is 0.843. The highest BCUT2D eigenvalue weighted by atomic mass is 32.1. The molecule has 1 aliphatic heterocycles. The Hall–Kier alpha value is -2.28. The molecular weight excluding hydrogens is 322 g/mol. The Morgan fingerprint density at radius 2 is 2.12 bits per heavy atom. The number of amides is 1. The van der Waals surface area contributed by atoms with E-state index in [1.807, 2.05) is 29.1 Å². The Morgan fingerprint density at radius 3 is 2.92 bits per heavy atom. The molecular formula is C17H19N5OS. The van der Waals surface area contributed by atoms with E-state index in [1.54, 1.807) is 0 Å². The lowest BCUT2D eigenvalue weighted by atomic mass is 9.86. The molecule has 24 heavy (non-hydrogen) atoms. The molecule has 0 saturated heterocycles. The fraction of sp³-hybridized carbons (Fsp3) is 0.412. The van der Waals surface area contributed by atoms with Crippen LogP contribution in [0.25, 0.3) is 11.0 Å². The van der Waals surface area contributed by atoms with Crippen molar-refractivity contribution in [1.29, 1.82) is 0 Å². The minimum absolute atomic E-state index is 0.0236. The van der Waals surface area contributed by atoms with Crippen LogP contribution in [0.5, 0.6) is 0 Å². The number of benzene rings is 1. The molecule has 1 amide bonds. The lowest BCUT2D eigenvalue weighted by molar-refractivity contribution is -0.116. The van der Waals surface area contributed by atoms with Crippen molar-refractivity contribution in [2.75, 3.05) is 5.32 Å². The van der Waals surface area contributed by atoms with Crippen LogP contribution < -0.4 is 5.32 Å². The van der Waals surface area contributed by atoms with Crippen LogP contribution in [-0.2, 0) is 4.79 Å². The van der Waals surface area contributed by atoms with Gasteiger partial charge in [-0.2, -0.15) is 13.8 Å². The fourth-order valence-electron chi connectivity index (χ4n) is 3.54. The van der Waals surface area contributed by atoms with Crippen LogP contribution in [0.1, 0.15) is 56.2 Å². The predicted octanol–water partition coefficient (Wildman–Crippen LogP) is 3.72. The van der Waals surface area contributed by atoms with E-state index < -0.39 is 0 Å². The molecule has 1 atom stereocenters. The molecule has 7 heteroatoms. The molecule has 4 rings (SSSR count). The summed E-state index contributed by atoms with van der Waals surface area (Å²) in [4.78, 5) is 12.3. The summed E-state index contributed by atoms with van der Waals surface area (Å²) < 4.78 is 10.7. The SMILES string of the molecule is CCC(CC)n1ncc2c1NC(=O)C[C@H]2c1cccc2nsnc12. The molecule has 0 saturated carbocycles. The monoisotopic (exact) mass is 341 g/mol. The third kappa shape index (κ3) is 2.31. The number of fused-ring (bicyclic) bond motifs is 2. The van der Waals surface area contributed by atoms with Crippen LogP contribution in [0.15, 0.2) is 24.4 Å². The maximum atomic E-state index is 12.3. The van der Waals surface area contributed by atoms with Gasteiger partial charge in [0.2, 0.25) is 5.91 Å². The zero-order valence-corrected chi connectivity index (χ0v) is 14.5. The van der Waals surface area contributed by atoms with Crippen molar-refractivity contribution in [3.8, 4) is 0 Å². The van der Waals surface area contributed by atoms with Gasteiger partial charge in [0.15, 0.2) is 0 Å². The van der Waals surface area contributed by atoms with Crippen molar-refractivity contribution in [2.45, 2.75) is 45.1 Å². The van der Waals surface area contributed by atoms with E-state index in [-0.39, 0.29) is 11.8 Å². The largest absolute Gasteiger partial charge is 0.311 e. The summed E-state index contributed by atoms with van der Waals surface area (Å²) in [5, 5.41) is 7.61. The van der Waals surface area contributed by atoms with Crippen molar-refractivity contribution in [1.82, 2.24) is 18.5 Å². The number of carbonyl (C=O) groups excluding carboxylic acids is 1. The van der Waals surface area contributed by atoms with E-state index in [2.05, 4.69) is 33.0 Å². The number of hydrogen-bond acceptors (Lipinski definition) is 5. The summed E-state index contributed by atoms with van der Waals surface area (Å²) in [6.07, 6.45) is 4.28. The van der Waals surface area contributed by atoms with Gasteiger partial charge in [-0.15, -0.1) is 0 Å². The molecule has 0 aliphatic carbocycles. The lowest BCUT2D eigenvalue weighted by Gasteiger charge is -2.25. The van der Waals surface area contributed by atoms with E-state index in [0.29, 0.717) is 12.5 Å². The van der Waals surface area contributed by atoms with Gasteiger partial charge in [-0.3, -0.25) is 4.79 Å². The number of aromatic nitrogens is 4. The lowest BCUT2D eigenvalue weighted by Crippen LogP contribution is -2.26. The first kappa shape index (κ1) is 15.3. The summed E-state index contributed by atoms with van der Waals surface area (Å²) in [6.45, 7) is 4.29. The summed E-state index contributed by atoms with van der Waals surface area (Å²) in [7, 11) is 0. The molecule has 0 spiro atoms. The topological polar surface area (TPSA) is 72.7 Å². The third-order valence-corrected chi connectivity index (χ3v) is 5.37. The zero-order chi connectivity index (χ0) is 16.7. The number of nitrogens with zero attached hydrogens (tertiary/aromatic N) is 4. The molecule has 1 aliphatic rings. The van der Waals surface area contributed by atoms with Crippen molar-refractivity contribution in [2.24, 2.45) is 0 Å². The van der Waals surface area contributed by atoms with Gasteiger partial charge in [0, 0.05) is 17.9 Å². The average Bonchev–Trinajstić information content (AvgIpc) is 3.22. The first-order valence-electron chi connectivity index (χ1n) is 8.31. The standard InChI is InChI=1S/C17H19N5OS/c1-3-10(4-2)22-17-13(9-18-22)12(8-15(23)19-17)11-6-5-7-14-16(11)21-24-20-14/h5-7,9-10,12H,3-4,8H2,1-2H3,(H,19,23)/t12-/m0/s1. The van der Waals surface area contributed by atoms with Gasteiger partial charge in [-0.05, 0) is 24.5 Å². The fourth-order valence-corrected chi connectivity index (χ4v) is 4.09. The minimum Gasteiger partial charge on any atom is -0.311 e. The van der Waals surface area contributed by atoms with Crippen LogP contribution >= 0.6 is 11.7 Å². The van der Waals surface area contributed by atoms with Gasteiger partial charge >= 0.3 is 0 Å². The Kier molecular flexibility index (Phi) is 3.80. The number of anilines is 1. The maximum Gasteiger partial charge on any atom is 0.226 e. The zero-order valence-electron chi connectivity index (χ0n) is 13.7. The van der Waals surface area contributed by atoms with Crippen molar-refractivity contribution < 1.29 is 4.79 Å². The minimum atomic E-state index is -0.0236. The maximum absolute atomic E-state index is 12.3. The highest BCUT2D eigenvalue weighted by Crippen LogP contribution is 2.40. The molecule has 2 aromatic heterocycles. The molecule has 1 N–H and O–H groups in total. The van der Waals surface area contributed by atoms with Crippen LogP contribution in [0.3, 0.4) is 0 Å². The summed E-state index contributed by atoms with van der Waals surface area (Å²) >= 11 is 1.21. The second kappa shape index (κ2) is 5.98. The molecule has 0 radical (unpaired) electrons. The van der Waals surface area contributed by atoms with Crippen molar-refractivity contribution in [3.63, 3.8) is 0 Å². The summed E-state index contributed by atoms with van der Waals surface area (Å²) in [5.41, 5.74) is 3.91. The van der Waals surface area contributed by atoms with Gasteiger partial charge in [0.05, 0.1) is 24.0 Å². The number of carbonyl (C=O) groups is 1. The van der Waals surface area contributed by atoms with Crippen LogP contribution in [-0.4, -0.2) is 24.4 Å². The Balaban J connectivity index is 1.85. The highest BCUT2D eigenvalue weighted by Gasteiger charge is 2.32. The predicted molar refractivity (Wildman–Crippen MR) is 94.4 cm³/mol. The Labute approximate surface area is 144 Å². The quantitative estimate of drug-likeness (QED) is 0.785. The van der Waals surface area contributed by atoms with Gasteiger partial charge in [0.1, 0.15) is 16.9 Å². The summed E-state index contributed by atoms with van der Waals surface area (Å²) in [6, 6.07) is 6.28. The van der Waals surface area contributed by atoms with Crippen LogP contribution in [0, 0.1) is 0 Å². The molecule has 6 nitrogen and oxygen atoms in total. The second-order valence-electron chi connectivity index (χ2n) is 6.15. The molecule has 124 valence electrons. The molecule has 1 aromatic carbocycles. The molecule has 3 heterocycles. The first-order chi connectivity index (χ1) is 11.7. The normalized spacial score (nSPS) is 17.3. The van der Waals surface area contributed by atoms with Crippen molar-refractivity contribution >= 4 is 34.5 Å². The van der Waals surface area contributed by atoms with E-state index >= 15 is 0 Å².